The van der Waals surface area contributed by atoms with Crippen LogP contribution in [-0.2, 0) is 10.8 Å². The molecule has 1 fully saturated rings. The first-order chi connectivity index (χ1) is 5.33. The van der Waals surface area contributed by atoms with E-state index in [4.69, 9.17) is 11.6 Å². The Bertz CT molecular complexity index is 132. The lowest BCUT2D eigenvalue weighted by molar-refractivity contribution is 0.301. The van der Waals surface area contributed by atoms with E-state index in [1.54, 1.807) is 0 Å². The Morgan fingerprint density at radius 2 is 2.00 bits per heavy atom. The van der Waals surface area contributed by atoms with Crippen LogP contribution in [0.25, 0.3) is 0 Å². The van der Waals surface area contributed by atoms with Gasteiger partial charge in [-0.1, -0.05) is 0 Å². The Kier molecular flexibility index (Phi) is 4.41. The molecule has 0 aliphatic carbocycles. The van der Waals surface area contributed by atoms with Crippen LogP contribution in [0.2, 0.25) is 0 Å². The molecule has 1 rings (SSSR count). The zero-order valence-electron chi connectivity index (χ0n) is 6.59. The molecule has 0 saturated carbocycles. The van der Waals surface area contributed by atoms with E-state index in [-0.39, 0.29) is 0 Å². The van der Waals surface area contributed by atoms with Crippen LogP contribution in [0.15, 0.2) is 0 Å². The topological polar surface area (TPSA) is 20.3 Å². The standard InChI is InChI=1S/C7H14ClNOS/c8-2-1-3-9-4-6-11(10)7-5-9/h1-7H2. The molecule has 0 bridgehead atoms. The number of nitrogens with zero attached hydrogens (tertiary/aromatic N) is 1. The van der Waals surface area contributed by atoms with E-state index in [0.29, 0.717) is 0 Å². The fraction of sp³-hybridized carbons (Fsp3) is 1.00. The second kappa shape index (κ2) is 5.12. The highest BCUT2D eigenvalue weighted by Gasteiger charge is 2.13. The van der Waals surface area contributed by atoms with Crippen LogP contribution < -0.4 is 0 Å². The molecule has 0 atom stereocenters. The van der Waals surface area contributed by atoms with Gasteiger partial charge < -0.3 is 4.90 Å². The fourth-order valence-corrected chi connectivity index (χ4v) is 2.43. The summed E-state index contributed by atoms with van der Waals surface area (Å²) >= 11 is 5.56. The molecular weight excluding hydrogens is 182 g/mol. The Morgan fingerprint density at radius 1 is 1.36 bits per heavy atom. The van der Waals surface area contributed by atoms with Crippen LogP contribution in [-0.4, -0.2) is 46.1 Å². The van der Waals surface area contributed by atoms with Gasteiger partial charge in [0.05, 0.1) is 0 Å². The van der Waals surface area contributed by atoms with Crippen molar-refractivity contribution in [3.8, 4) is 0 Å². The van der Waals surface area contributed by atoms with Gasteiger partial charge in [0, 0.05) is 41.3 Å². The second-order valence-electron chi connectivity index (χ2n) is 2.73. The molecule has 4 heteroatoms. The van der Waals surface area contributed by atoms with Gasteiger partial charge in [0.15, 0.2) is 0 Å². The molecule has 0 spiro atoms. The fourth-order valence-electron chi connectivity index (χ4n) is 1.18. The van der Waals surface area contributed by atoms with E-state index >= 15 is 0 Å². The van der Waals surface area contributed by atoms with Gasteiger partial charge in [-0.05, 0) is 13.0 Å². The molecule has 1 aliphatic heterocycles. The van der Waals surface area contributed by atoms with Crippen molar-refractivity contribution in [1.29, 1.82) is 0 Å². The predicted octanol–water partition coefficient (Wildman–Crippen LogP) is 0.680. The Morgan fingerprint density at radius 3 is 2.55 bits per heavy atom. The smallest absolute Gasteiger partial charge is 0.0363 e. The summed E-state index contributed by atoms with van der Waals surface area (Å²) in [5, 5.41) is 0. The van der Waals surface area contributed by atoms with Crippen molar-refractivity contribution in [3.63, 3.8) is 0 Å². The molecule has 11 heavy (non-hydrogen) atoms. The third-order valence-electron chi connectivity index (χ3n) is 1.88. The first kappa shape index (κ1) is 9.49. The van der Waals surface area contributed by atoms with Crippen molar-refractivity contribution in [2.75, 3.05) is 37.0 Å². The maximum Gasteiger partial charge on any atom is 0.0363 e. The van der Waals surface area contributed by atoms with Crippen LogP contribution in [0.3, 0.4) is 0 Å². The van der Waals surface area contributed by atoms with Gasteiger partial charge in [-0.2, -0.15) is 0 Å². The van der Waals surface area contributed by atoms with Gasteiger partial charge in [0.25, 0.3) is 0 Å². The van der Waals surface area contributed by atoms with E-state index in [1.807, 2.05) is 0 Å². The van der Waals surface area contributed by atoms with E-state index in [9.17, 15) is 4.21 Å². The van der Waals surface area contributed by atoms with Crippen molar-refractivity contribution >= 4 is 22.4 Å². The molecule has 0 unspecified atom stereocenters. The molecule has 0 aromatic heterocycles. The molecule has 66 valence electrons. The molecule has 0 aromatic carbocycles. The summed E-state index contributed by atoms with van der Waals surface area (Å²) in [5.74, 6) is 2.43. The summed E-state index contributed by atoms with van der Waals surface area (Å²) in [5.41, 5.74) is 0. The summed E-state index contributed by atoms with van der Waals surface area (Å²) in [6.07, 6.45) is 1.05. The number of halogens is 1. The Balaban J connectivity index is 2.12. The molecule has 0 aromatic rings. The van der Waals surface area contributed by atoms with Crippen LogP contribution in [0.4, 0.5) is 0 Å². The molecule has 0 N–H and O–H groups in total. The number of rotatable bonds is 3. The zero-order chi connectivity index (χ0) is 8.10. The minimum Gasteiger partial charge on any atom is -0.301 e. The summed E-state index contributed by atoms with van der Waals surface area (Å²) < 4.78 is 10.9. The number of hydrogen-bond acceptors (Lipinski definition) is 2. The highest BCUT2D eigenvalue weighted by molar-refractivity contribution is 7.85. The van der Waals surface area contributed by atoms with E-state index < -0.39 is 10.8 Å². The largest absolute Gasteiger partial charge is 0.301 e. The van der Waals surface area contributed by atoms with Crippen LogP contribution in [0.1, 0.15) is 6.42 Å². The lowest BCUT2D eigenvalue weighted by atomic mass is 10.4. The van der Waals surface area contributed by atoms with Crippen molar-refractivity contribution < 1.29 is 4.21 Å². The van der Waals surface area contributed by atoms with E-state index in [0.717, 1.165) is 43.4 Å². The average molecular weight is 196 g/mol. The van der Waals surface area contributed by atoms with Crippen molar-refractivity contribution in [2.45, 2.75) is 6.42 Å². The quantitative estimate of drug-likeness (QED) is 0.618. The zero-order valence-corrected chi connectivity index (χ0v) is 8.16. The van der Waals surface area contributed by atoms with E-state index in [2.05, 4.69) is 4.90 Å². The third-order valence-corrected chi connectivity index (χ3v) is 3.42. The van der Waals surface area contributed by atoms with Gasteiger partial charge in [0.2, 0.25) is 0 Å². The predicted molar refractivity (Wildman–Crippen MR) is 49.7 cm³/mol. The molecule has 0 amide bonds. The van der Waals surface area contributed by atoms with Crippen molar-refractivity contribution in [1.82, 2.24) is 4.90 Å². The molecule has 2 nitrogen and oxygen atoms in total. The van der Waals surface area contributed by atoms with E-state index in [1.165, 1.54) is 0 Å². The third kappa shape index (κ3) is 3.54. The maximum atomic E-state index is 10.9. The summed E-state index contributed by atoms with van der Waals surface area (Å²) in [4.78, 5) is 2.34. The Hall–Kier alpha value is 0.400. The van der Waals surface area contributed by atoms with Gasteiger partial charge in [-0.25, -0.2) is 0 Å². The maximum absolute atomic E-state index is 10.9. The minimum atomic E-state index is -0.541. The minimum absolute atomic E-state index is 0.541. The molecule has 1 heterocycles. The second-order valence-corrected chi connectivity index (χ2v) is 4.81. The lowest BCUT2D eigenvalue weighted by Crippen LogP contribution is -2.38. The highest BCUT2D eigenvalue weighted by atomic mass is 35.5. The van der Waals surface area contributed by atoms with Crippen LogP contribution >= 0.6 is 11.6 Å². The van der Waals surface area contributed by atoms with Gasteiger partial charge in [-0.3, -0.25) is 4.21 Å². The normalized spacial score (nSPS) is 22.3. The van der Waals surface area contributed by atoms with Crippen molar-refractivity contribution in [3.05, 3.63) is 0 Å². The van der Waals surface area contributed by atoms with Crippen molar-refractivity contribution in [2.24, 2.45) is 0 Å². The van der Waals surface area contributed by atoms with Crippen LogP contribution in [0, 0.1) is 0 Å². The van der Waals surface area contributed by atoms with Crippen LogP contribution in [0.5, 0.6) is 0 Å². The molecule has 1 aliphatic rings. The molecule has 0 radical (unpaired) electrons. The summed E-state index contributed by atoms with van der Waals surface area (Å²) in [7, 11) is -0.541. The molecule has 1 saturated heterocycles. The average Bonchev–Trinajstić information content (AvgIpc) is 2.04. The van der Waals surface area contributed by atoms with Gasteiger partial charge >= 0.3 is 0 Å². The number of alkyl halides is 1. The monoisotopic (exact) mass is 195 g/mol. The first-order valence-electron chi connectivity index (χ1n) is 3.96. The summed E-state index contributed by atoms with van der Waals surface area (Å²) in [6, 6.07) is 0. The Labute approximate surface area is 75.4 Å². The lowest BCUT2D eigenvalue weighted by Gasteiger charge is -2.25. The van der Waals surface area contributed by atoms with Gasteiger partial charge in [-0.15, -0.1) is 11.6 Å². The molecular formula is C7H14ClNOS. The van der Waals surface area contributed by atoms with Gasteiger partial charge in [0.1, 0.15) is 0 Å². The highest BCUT2D eigenvalue weighted by Crippen LogP contribution is 2.00. The first-order valence-corrected chi connectivity index (χ1v) is 5.98. The summed E-state index contributed by atoms with van der Waals surface area (Å²) in [6.45, 7) is 3.05. The SMILES string of the molecule is O=S1CCN(CCCCl)CC1. The number of hydrogen-bond donors (Lipinski definition) is 0.